The summed E-state index contributed by atoms with van der Waals surface area (Å²) in [5.41, 5.74) is 1.66. The van der Waals surface area contributed by atoms with E-state index in [4.69, 9.17) is 23.8 Å². The number of anilines is 2. The first kappa shape index (κ1) is 22.4. The van der Waals surface area contributed by atoms with E-state index in [0.717, 1.165) is 30.9 Å². The standard InChI is InChI=1S/C20H29ClN4O2S/c1-4-5-19(27)25-10-8-24(9-11-25)17-7-6-15(13-16(17)21)22-20(28)23-18(26)12-14(2)3/h6-7,13-14H,4-5,8-12H2,1-3H3,(H2,22,23,26,28). The zero-order valence-electron chi connectivity index (χ0n) is 16.8. The molecular weight excluding hydrogens is 396 g/mol. The molecule has 1 aromatic carbocycles. The number of thiocarbonyl (C=S) groups is 1. The van der Waals surface area contributed by atoms with Crippen molar-refractivity contribution in [2.24, 2.45) is 5.92 Å². The van der Waals surface area contributed by atoms with E-state index in [1.165, 1.54) is 0 Å². The third-order valence-corrected chi connectivity index (χ3v) is 5.00. The maximum Gasteiger partial charge on any atom is 0.226 e. The van der Waals surface area contributed by atoms with E-state index in [1.807, 2.05) is 37.8 Å². The van der Waals surface area contributed by atoms with Gasteiger partial charge in [-0.05, 0) is 42.8 Å². The van der Waals surface area contributed by atoms with E-state index in [9.17, 15) is 9.59 Å². The number of amides is 2. The molecule has 1 aromatic rings. The minimum absolute atomic E-state index is 0.106. The molecule has 154 valence electrons. The van der Waals surface area contributed by atoms with Crippen LogP contribution in [-0.2, 0) is 9.59 Å². The fraction of sp³-hybridized carbons (Fsp3) is 0.550. The average Bonchev–Trinajstić information content (AvgIpc) is 2.61. The van der Waals surface area contributed by atoms with E-state index in [2.05, 4.69) is 15.5 Å². The molecule has 2 rings (SSSR count). The van der Waals surface area contributed by atoms with Crippen LogP contribution in [0, 0.1) is 5.92 Å². The lowest BCUT2D eigenvalue weighted by Crippen LogP contribution is -2.48. The summed E-state index contributed by atoms with van der Waals surface area (Å²) in [5, 5.41) is 6.54. The predicted octanol–water partition coefficient (Wildman–Crippen LogP) is 3.65. The molecule has 0 spiro atoms. The van der Waals surface area contributed by atoms with Gasteiger partial charge in [-0.3, -0.25) is 9.59 Å². The number of piperazine rings is 1. The average molecular weight is 425 g/mol. The Bertz CT molecular complexity index is 718. The van der Waals surface area contributed by atoms with Crippen molar-refractivity contribution in [1.82, 2.24) is 10.2 Å². The highest BCUT2D eigenvalue weighted by atomic mass is 35.5. The highest BCUT2D eigenvalue weighted by Gasteiger charge is 2.22. The van der Waals surface area contributed by atoms with Crippen molar-refractivity contribution in [2.45, 2.75) is 40.0 Å². The summed E-state index contributed by atoms with van der Waals surface area (Å²) in [5.74, 6) is 0.390. The number of hydrogen-bond donors (Lipinski definition) is 2. The third-order valence-electron chi connectivity index (χ3n) is 4.49. The van der Waals surface area contributed by atoms with Gasteiger partial charge < -0.3 is 20.4 Å². The highest BCUT2D eigenvalue weighted by Crippen LogP contribution is 2.29. The zero-order valence-corrected chi connectivity index (χ0v) is 18.3. The minimum atomic E-state index is -0.106. The maximum absolute atomic E-state index is 12.0. The predicted molar refractivity (Wildman–Crippen MR) is 119 cm³/mol. The molecule has 0 bridgehead atoms. The molecule has 2 amide bonds. The molecule has 1 saturated heterocycles. The molecule has 0 aliphatic carbocycles. The van der Waals surface area contributed by atoms with Crippen molar-refractivity contribution in [1.29, 1.82) is 0 Å². The molecular formula is C20H29ClN4O2S. The van der Waals surface area contributed by atoms with Crippen LogP contribution in [0.4, 0.5) is 11.4 Å². The van der Waals surface area contributed by atoms with Crippen LogP contribution >= 0.6 is 23.8 Å². The molecule has 28 heavy (non-hydrogen) atoms. The van der Waals surface area contributed by atoms with Crippen molar-refractivity contribution in [3.05, 3.63) is 23.2 Å². The van der Waals surface area contributed by atoms with Gasteiger partial charge in [0.25, 0.3) is 0 Å². The Balaban J connectivity index is 1.91. The fourth-order valence-corrected chi connectivity index (χ4v) is 3.65. The number of nitrogens with zero attached hydrogens (tertiary/aromatic N) is 2. The Hall–Kier alpha value is -1.86. The lowest BCUT2D eigenvalue weighted by Gasteiger charge is -2.36. The van der Waals surface area contributed by atoms with Gasteiger partial charge in [0.1, 0.15) is 0 Å². The van der Waals surface area contributed by atoms with Crippen molar-refractivity contribution in [3.63, 3.8) is 0 Å². The Morgan fingerprint density at radius 2 is 1.89 bits per heavy atom. The van der Waals surface area contributed by atoms with Crippen molar-refractivity contribution >= 4 is 52.1 Å². The Labute approximate surface area is 177 Å². The lowest BCUT2D eigenvalue weighted by molar-refractivity contribution is -0.131. The van der Waals surface area contributed by atoms with Crippen LogP contribution in [0.15, 0.2) is 18.2 Å². The molecule has 0 unspecified atom stereocenters. The summed E-state index contributed by atoms with van der Waals surface area (Å²) in [6, 6.07) is 5.62. The van der Waals surface area contributed by atoms with Gasteiger partial charge in [0.05, 0.1) is 10.7 Å². The van der Waals surface area contributed by atoms with Crippen LogP contribution in [0.5, 0.6) is 0 Å². The van der Waals surface area contributed by atoms with Crippen LogP contribution in [0.3, 0.4) is 0 Å². The molecule has 0 saturated carbocycles. The van der Waals surface area contributed by atoms with Crippen LogP contribution in [0.2, 0.25) is 5.02 Å². The smallest absolute Gasteiger partial charge is 0.226 e. The van der Waals surface area contributed by atoms with Crippen molar-refractivity contribution in [3.8, 4) is 0 Å². The van der Waals surface area contributed by atoms with Gasteiger partial charge in [-0.15, -0.1) is 0 Å². The molecule has 0 atom stereocenters. The number of halogens is 1. The molecule has 6 nitrogen and oxygen atoms in total. The second kappa shape index (κ2) is 10.6. The maximum atomic E-state index is 12.0. The van der Waals surface area contributed by atoms with Crippen LogP contribution < -0.4 is 15.5 Å². The minimum Gasteiger partial charge on any atom is -0.367 e. The first-order valence-electron chi connectivity index (χ1n) is 9.73. The molecule has 1 aliphatic heterocycles. The van der Waals surface area contributed by atoms with Gasteiger partial charge in [-0.1, -0.05) is 32.4 Å². The lowest BCUT2D eigenvalue weighted by atomic mass is 10.1. The number of rotatable bonds is 6. The summed E-state index contributed by atoms with van der Waals surface area (Å²) in [4.78, 5) is 27.9. The van der Waals surface area contributed by atoms with Gasteiger partial charge in [0, 0.05) is 44.7 Å². The zero-order chi connectivity index (χ0) is 20.7. The second-order valence-corrected chi connectivity index (χ2v) is 8.20. The van der Waals surface area contributed by atoms with E-state index in [0.29, 0.717) is 31.0 Å². The van der Waals surface area contributed by atoms with Gasteiger partial charge in [-0.25, -0.2) is 0 Å². The van der Waals surface area contributed by atoms with Crippen molar-refractivity contribution < 1.29 is 9.59 Å². The van der Waals surface area contributed by atoms with Gasteiger partial charge in [0.2, 0.25) is 11.8 Å². The normalized spacial score (nSPS) is 14.2. The quantitative estimate of drug-likeness (QED) is 0.682. The molecule has 0 radical (unpaired) electrons. The third kappa shape index (κ3) is 6.63. The fourth-order valence-electron chi connectivity index (χ4n) is 3.12. The highest BCUT2D eigenvalue weighted by molar-refractivity contribution is 7.80. The van der Waals surface area contributed by atoms with Crippen molar-refractivity contribution in [2.75, 3.05) is 36.4 Å². The number of hydrogen-bond acceptors (Lipinski definition) is 4. The number of carbonyl (C=O) groups is 2. The summed E-state index contributed by atoms with van der Waals surface area (Å²) in [6.07, 6.45) is 1.90. The monoisotopic (exact) mass is 424 g/mol. The number of benzene rings is 1. The van der Waals surface area contributed by atoms with E-state index in [1.54, 1.807) is 6.07 Å². The summed E-state index contributed by atoms with van der Waals surface area (Å²) in [6.45, 7) is 8.91. The van der Waals surface area contributed by atoms with Gasteiger partial charge >= 0.3 is 0 Å². The van der Waals surface area contributed by atoms with E-state index >= 15 is 0 Å². The van der Waals surface area contributed by atoms with E-state index in [-0.39, 0.29) is 22.8 Å². The first-order chi connectivity index (χ1) is 13.3. The molecule has 1 fully saturated rings. The Kier molecular flexibility index (Phi) is 8.51. The molecule has 2 N–H and O–H groups in total. The Morgan fingerprint density at radius 3 is 2.46 bits per heavy atom. The van der Waals surface area contributed by atoms with Crippen LogP contribution in [0.25, 0.3) is 0 Å². The SMILES string of the molecule is CCCC(=O)N1CCN(c2ccc(NC(=S)NC(=O)CC(C)C)cc2Cl)CC1. The van der Waals surface area contributed by atoms with Crippen LogP contribution in [-0.4, -0.2) is 48.0 Å². The topological polar surface area (TPSA) is 64.7 Å². The Morgan fingerprint density at radius 1 is 1.21 bits per heavy atom. The summed E-state index contributed by atoms with van der Waals surface area (Å²) in [7, 11) is 0. The second-order valence-electron chi connectivity index (χ2n) is 7.38. The van der Waals surface area contributed by atoms with Crippen LogP contribution in [0.1, 0.15) is 40.0 Å². The summed E-state index contributed by atoms with van der Waals surface area (Å²) < 4.78 is 0. The molecule has 0 aromatic heterocycles. The molecule has 8 heteroatoms. The number of carbonyl (C=O) groups excluding carboxylic acids is 2. The largest absolute Gasteiger partial charge is 0.367 e. The summed E-state index contributed by atoms with van der Waals surface area (Å²) >= 11 is 11.7. The molecule has 1 aliphatic rings. The van der Waals surface area contributed by atoms with Gasteiger partial charge in [-0.2, -0.15) is 0 Å². The number of nitrogens with one attached hydrogen (secondary N) is 2. The van der Waals surface area contributed by atoms with Gasteiger partial charge in [0.15, 0.2) is 5.11 Å². The molecule has 1 heterocycles. The van der Waals surface area contributed by atoms with E-state index < -0.39 is 0 Å². The first-order valence-corrected chi connectivity index (χ1v) is 10.5.